The zero-order valence-corrected chi connectivity index (χ0v) is 9.78. The lowest BCUT2D eigenvalue weighted by Crippen LogP contribution is -2.26. The highest BCUT2D eigenvalue weighted by Crippen LogP contribution is 2.28. The van der Waals surface area contributed by atoms with E-state index in [0.717, 1.165) is 17.7 Å². The third-order valence-corrected chi connectivity index (χ3v) is 3.62. The van der Waals surface area contributed by atoms with E-state index in [1.165, 1.54) is 0 Å². The molecule has 84 valence electrons. The molecule has 0 radical (unpaired) electrons. The normalized spacial score (nSPS) is 14.9. The zero-order valence-electron chi connectivity index (χ0n) is 8.97. The molecular weight excluding hydrogens is 208 g/mol. The van der Waals surface area contributed by atoms with Gasteiger partial charge in [0.05, 0.1) is 12.7 Å². The lowest BCUT2D eigenvalue weighted by Gasteiger charge is -2.20. The van der Waals surface area contributed by atoms with Gasteiger partial charge in [-0.1, -0.05) is 31.5 Å². The van der Waals surface area contributed by atoms with Crippen LogP contribution in [-0.2, 0) is 0 Å². The lowest BCUT2D eigenvalue weighted by atomic mass is 10.2. The van der Waals surface area contributed by atoms with Crippen molar-refractivity contribution in [3.05, 3.63) is 30.3 Å². The quantitative estimate of drug-likeness (QED) is 0.731. The topological polar surface area (TPSA) is 40.5 Å². The van der Waals surface area contributed by atoms with E-state index in [9.17, 15) is 5.11 Å². The summed E-state index contributed by atoms with van der Waals surface area (Å²) in [4.78, 5) is 1.14. The zero-order chi connectivity index (χ0) is 11.1. The van der Waals surface area contributed by atoms with Gasteiger partial charge in [0.25, 0.3) is 0 Å². The van der Waals surface area contributed by atoms with E-state index in [2.05, 4.69) is 6.92 Å². The maximum atomic E-state index is 9.64. The van der Waals surface area contributed by atoms with Gasteiger partial charge in [-0.15, -0.1) is 11.8 Å². The third-order valence-electron chi connectivity index (χ3n) is 2.22. The van der Waals surface area contributed by atoms with E-state index in [0.29, 0.717) is 0 Å². The predicted octanol–water partition coefficient (Wildman–Crippen LogP) is 2.30. The molecule has 3 heteroatoms. The molecule has 0 spiro atoms. The summed E-state index contributed by atoms with van der Waals surface area (Å²) in [5, 5.41) is 18.7. The smallest absolute Gasteiger partial charge is 0.0892 e. The fourth-order valence-corrected chi connectivity index (χ4v) is 2.67. The van der Waals surface area contributed by atoms with Gasteiger partial charge in [0, 0.05) is 10.1 Å². The van der Waals surface area contributed by atoms with Crippen LogP contribution in [0.5, 0.6) is 0 Å². The van der Waals surface area contributed by atoms with Gasteiger partial charge in [0.1, 0.15) is 0 Å². The Labute approximate surface area is 95.3 Å². The van der Waals surface area contributed by atoms with Gasteiger partial charge >= 0.3 is 0 Å². The average Bonchev–Trinajstić information content (AvgIpc) is 2.29. The monoisotopic (exact) mass is 226 g/mol. The fraction of sp³-hybridized carbons (Fsp3) is 0.500. The van der Waals surface area contributed by atoms with Crippen LogP contribution in [-0.4, -0.2) is 28.2 Å². The van der Waals surface area contributed by atoms with Crippen LogP contribution in [0.2, 0.25) is 0 Å². The molecule has 0 aliphatic carbocycles. The largest absolute Gasteiger partial charge is 0.394 e. The molecule has 2 atom stereocenters. The van der Waals surface area contributed by atoms with Crippen LogP contribution in [0.4, 0.5) is 0 Å². The van der Waals surface area contributed by atoms with Crippen LogP contribution < -0.4 is 0 Å². The van der Waals surface area contributed by atoms with Crippen molar-refractivity contribution < 1.29 is 10.2 Å². The molecule has 0 fully saturated rings. The van der Waals surface area contributed by atoms with Gasteiger partial charge < -0.3 is 10.2 Å². The summed E-state index contributed by atoms with van der Waals surface area (Å²) in [7, 11) is 0. The molecule has 0 aliphatic heterocycles. The Morgan fingerprint density at radius 1 is 1.27 bits per heavy atom. The van der Waals surface area contributed by atoms with Crippen LogP contribution in [0.3, 0.4) is 0 Å². The highest BCUT2D eigenvalue weighted by molar-refractivity contribution is 8.00. The number of aliphatic hydroxyl groups excluding tert-OH is 2. The molecule has 2 nitrogen and oxygen atoms in total. The molecule has 0 saturated heterocycles. The van der Waals surface area contributed by atoms with E-state index < -0.39 is 6.10 Å². The van der Waals surface area contributed by atoms with Gasteiger partial charge in [0.15, 0.2) is 0 Å². The van der Waals surface area contributed by atoms with Gasteiger partial charge in [-0.3, -0.25) is 0 Å². The summed E-state index contributed by atoms with van der Waals surface area (Å²) in [5.74, 6) is 0. The summed E-state index contributed by atoms with van der Waals surface area (Å²) in [6, 6.07) is 9.99. The van der Waals surface area contributed by atoms with Crippen molar-refractivity contribution in [2.75, 3.05) is 6.61 Å². The Morgan fingerprint density at radius 3 is 2.47 bits per heavy atom. The Hall–Kier alpha value is -0.510. The second-order valence-corrected chi connectivity index (χ2v) is 4.82. The summed E-state index contributed by atoms with van der Waals surface area (Å²) >= 11 is 1.64. The number of rotatable bonds is 6. The van der Waals surface area contributed by atoms with Crippen LogP contribution >= 0.6 is 11.8 Å². The third kappa shape index (κ3) is 4.24. The van der Waals surface area contributed by atoms with Gasteiger partial charge in [-0.25, -0.2) is 0 Å². The molecule has 2 unspecified atom stereocenters. The van der Waals surface area contributed by atoms with E-state index in [-0.39, 0.29) is 11.9 Å². The number of hydrogen-bond donors (Lipinski definition) is 2. The van der Waals surface area contributed by atoms with Gasteiger partial charge in [0.2, 0.25) is 0 Å². The minimum atomic E-state index is -0.629. The van der Waals surface area contributed by atoms with Crippen LogP contribution in [0.1, 0.15) is 19.8 Å². The van der Waals surface area contributed by atoms with Crippen molar-refractivity contribution in [2.45, 2.75) is 36.0 Å². The first-order valence-electron chi connectivity index (χ1n) is 5.28. The molecule has 0 saturated carbocycles. The summed E-state index contributed by atoms with van der Waals surface area (Å²) < 4.78 is 0. The van der Waals surface area contributed by atoms with E-state index >= 15 is 0 Å². The maximum absolute atomic E-state index is 9.64. The van der Waals surface area contributed by atoms with Crippen LogP contribution in [0, 0.1) is 0 Å². The number of thioether (sulfide) groups is 1. The molecule has 0 amide bonds. The molecule has 1 aromatic rings. The van der Waals surface area contributed by atoms with Crippen molar-refractivity contribution >= 4 is 11.8 Å². The highest BCUT2D eigenvalue weighted by atomic mass is 32.2. The van der Waals surface area contributed by atoms with E-state index in [1.54, 1.807) is 11.8 Å². The molecule has 1 rings (SSSR count). The summed E-state index contributed by atoms with van der Waals surface area (Å²) in [5.41, 5.74) is 0. The fourth-order valence-electron chi connectivity index (χ4n) is 1.41. The summed E-state index contributed by atoms with van der Waals surface area (Å²) in [6.07, 6.45) is 1.30. The minimum absolute atomic E-state index is 0.0856. The average molecular weight is 226 g/mol. The number of hydrogen-bond acceptors (Lipinski definition) is 3. The molecule has 2 N–H and O–H groups in total. The summed E-state index contributed by atoms with van der Waals surface area (Å²) in [6.45, 7) is 1.92. The van der Waals surface area contributed by atoms with Crippen molar-refractivity contribution in [1.82, 2.24) is 0 Å². The van der Waals surface area contributed by atoms with Crippen molar-refractivity contribution in [3.8, 4) is 0 Å². The van der Waals surface area contributed by atoms with Crippen molar-refractivity contribution in [2.24, 2.45) is 0 Å². The standard InChI is InChI=1S/C12H18O2S/c1-2-6-12(11(14)9-13)15-10-7-4-3-5-8-10/h3-5,7-8,11-14H,2,6,9H2,1H3. The predicted molar refractivity (Wildman–Crippen MR) is 64.1 cm³/mol. The Morgan fingerprint density at radius 2 is 1.93 bits per heavy atom. The number of aliphatic hydroxyl groups is 2. The van der Waals surface area contributed by atoms with E-state index in [1.807, 2.05) is 30.3 Å². The minimum Gasteiger partial charge on any atom is -0.394 e. The molecule has 15 heavy (non-hydrogen) atoms. The maximum Gasteiger partial charge on any atom is 0.0892 e. The Kier molecular flexibility index (Phi) is 5.76. The van der Waals surface area contributed by atoms with Crippen molar-refractivity contribution in [1.29, 1.82) is 0 Å². The Bertz CT molecular complexity index is 264. The lowest BCUT2D eigenvalue weighted by molar-refractivity contribution is 0.0911. The molecular formula is C12H18O2S. The van der Waals surface area contributed by atoms with E-state index in [4.69, 9.17) is 5.11 Å². The molecule has 0 aliphatic rings. The Balaban J connectivity index is 2.58. The molecule has 0 bridgehead atoms. The van der Waals surface area contributed by atoms with Crippen LogP contribution in [0.15, 0.2) is 35.2 Å². The second kappa shape index (κ2) is 6.88. The SMILES string of the molecule is CCCC(Sc1ccccc1)C(O)CO. The number of benzene rings is 1. The molecule has 1 aromatic carbocycles. The first-order chi connectivity index (χ1) is 7.27. The molecule has 0 heterocycles. The van der Waals surface area contributed by atoms with Gasteiger partial charge in [-0.05, 0) is 18.6 Å². The second-order valence-electron chi connectivity index (χ2n) is 3.51. The first kappa shape index (κ1) is 12.6. The first-order valence-corrected chi connectivity index (χ1v) is 6.16. The van der Waals surface area contributed by atoms with Crippen LogP contribution in [0.25, 0.3) is 0 Å². The molecule has 0 aromatic heterocycles. The van der Waals surface area contributed by atoms with Crippen molar-refractivity contribution in [3.63, 3.8) is 0 Å². The highest BCUT2D eigenvalue weighted by Gasteiger charge is 2.18. The van der Waals surface area contributed by atoms with Gasteiger partial charge in [-0.2, -0.15) is 0 Å².